The first-order valence-corrected chi connectivity index (χ1v) is 14.7. The first-order valence-electron chi connectivity index (χ1n) is 14.7. The van der Waals surface area contributed by atoms with Crippen molar-refractivity contribution in [2.45, 2.75) is 176 Å². The van der Waals surface area contributed by atoms with Crippen LogP contribution in [0.15, 0.2) is 0 Å². The molecular weight excluding hydrogens is 442 g/mol. The molecule has 36 heavy (non-hydrogen) atoms. The topological polar surface area (TPSA) is 30.0 Å². The van der Waals surface area contributed by atoms with Gasteiger partial charge in [-0.1, -0.05) is 20.8 Å². The Bertz CT molecular complexity index is 557. The van der Waals surface area contributed by atoms with Gasteiger partial charge in [-0.05, 0) is 153 Å². The molecule has 0 atom stereocenters. The van der Waals surface area contributed by atoms with Crippen LogP contribution in [-0.2, 0) is 0 Å². The van der Waals surface area contributed by atoms with Crippen molar-refractivity contribution in [3.05, 3.63) is 0 Å². The Hall–Kier alpha value is -0.160. The van der Waals surface area contributed by atoms with E-state index in [1.165, 1.54) is 30.7 Å². The molecule has 3 aliphatic heterocycles. The van der Waals surface area contributed by atoms with E-state index in [-0.39, 0.29) is 11.1 Å². The highest BCUT2D eigenvalue weighted by atomic mass is 16.5. The monoisotopic (exact) mass is 510 g/mol. The maximum absolute atomic E-state index is 9.92. The Morgan fingerprint density at radius 3 is 0.778 bits per heavy atom. The van der Waals surface area contributed by atoms with Gasteiger partial charge in [0.25, 0.3) is 0 Å². The van der Waals surface area contributed by atoms with Crippen LogP contribution >= 0.6 is 0 Å². The quantitative estimate of drug-likeness (QED) is 0.354. The molecule has 0 bridgehead atoms. The third-order valence-electron chi connectivity index (χ3n) is 9.87. The summed E-state index contributed by atoms with van der Waals surface area (Å²) in [6, 6.07) is 0. The van der Waals surface area contributed by atoms with Crippen molar-refractivity contribution < 1.29 is 5.21 Å². The van der Waals surface area contributed by atoms with Crippen molar-refractivity contribution in [1.82, 2.24) is 14.9 Å². The molecule has 0 aromatic carbocycles. The van der Waals surface area contributed by atoms with Crippen LogP contribution in [0.1, 0.15) is 142 Å². The molecule has 0 radical (unpaired) electrons. The van der Waals surface area contributed by atoms with Crippen LogP contribution in [0.5, 0.6) is 0 Å². The molecule has 0 spiro atoms. The van der Waals surface area contributed by atoms with E-state index in [4.69, 9.17) is 0 Å². The molecule has 1 N–H and O–H groups in total. The smallest absolute Gasteiger partial charge is 0.0413 e. The van der Waals surface area contributed by atoms with Gasteiger partial charge in [-0.15, -0.1) is 0 Å². The molecule has 4 heteroatoms. The van der Waals surface area contributed by atoms with Crippen molar-refractivity contribution >= 4 is 0 Å². The molecule has 3 saturated heterocycles. The molecule has 4 nitrogen and oxygen atoms in total. The van der Waals surface area contributed by atoms with Gasteiger partial charge in [0.15, 0.2) is 0 Å². The summed E-state index contributed by atoms with van der Waals surface area (Å²) < 4.78 is 0. The van der Waals surface area contributed by atoms with Gasteiger partial charge in [0.1, 0.15) is 0 Å². The summed E-state index contributed by atoms with van der Waals surface area (Å²) in [5, 5.41) is 11.4. The predicted octanol–water partition coefficient (Wildman–Crippen LogP) is 8.48. The molecule has 0 unspecified atom stereocenters. The van der Waals surface area contributed by atoms with Gasteiger partial charge in [-0.2, -0.15) is 5.06 Å². The van der Waals surface area contributed by atoms with Crippen molar-refractivity contribution in [2.75, 3.05) is 14.1 Å². The Kier molecular flexibility index (Phi) is 10.5. The Morgan fingerprint density at radius 2 is 0.583 bits per heavy atom. The SMILES string of the molecule is CC1CC(C)(C)N(C)C(C)(C)C1.CC1CC(C)(C)N(C)C(C)(C)C1.CC1CC(C)(C)N(O)C(C)(C)C1. The lowest BCUT2D eigenvalue weighted by molar-refractivity contribution is -0.249. The Morgan fingerprint density at radius 1 is 0.417 bits per heavy atom. The minimum absolute atomic E-state index is 0.0683. The highest BCUT2D eigenvalue weighted by molar-refractivity contribution is 4.98. The average molecular weight is 510 g/mol. The minimum atomic E-state index is -0.0683. The van der Waals surface area contributed by atoms with E-state index in [0.29, 0.717) is 28.1 Å². The van der Waals surface area contributed by atoms with Crippen LogP contribution in [0.4, 0.5) is 0 Å². The summed E-state index contributed by atoms with van der Waals surface area (Å²) >= 11 is 0. The summed E-state index contributed by atoms with van der Waals surface area (Å²) in [6.45, 7) is 34.2. The summed E-state index contributed by atoms with van der Waals surface area (Å²) in [5.41, 5.74) is 1.37. The Labute approximate surface area is 227 Å². The molecule has 3 aliphatic rings. The zero-order valence-corrected chi connectivity index (χ0v) is 27.8. The summed E-state index contributed by atoms with van der Waals surface area (Å²) in [6.07, 6.45) is 7.46. The number of rotatable bonds is 0. The van der Waals surface area contributed by atoms with Crippen molar-refractivity contribution in [3.8, 4) is 0 Å². The maximum atomic E-state index is 9.92. The van der Waals surface area contributed by atoms with Crippen LogP contribution in [0, 0.1) is 17.8 Å². The molecule has 216 valence electrons. The number of hydroxylamine groups is 2. The molecular formula is C32H67N3O. The Balaban J connectivity index is 0.000000270. The van der Waals surface area contributed by atoms with E-state index in [2.05, 4.69) is 128 Å². The van der Waals surface area contributed by atoms with E-state index in [9.17, 15) is 5.21 Å². The fraction of sp³-hybridized carbons (Fsp3) is 1.00. The van der Waals surface area contributed by atoms with E-state index < -0.39 is 0 Å². The lowest BCUT2D eigenvalue weighted by Crippen LogP contribution is -2.58. The molecule has 3 rings (SSSR count). The van der Waals surface area contributed by atoms with E-state index >= 15 is 0 Å². The second kappa shape index (κ2) is 11.1. The first kappa shape index (κ1) is 33.9. The lowest BCUT2D eigenvalue weighted by atomic mass is 9.75. The normalized spacial score (nSPS) is 30.5. The van der Waals surface area contributed by atoms with Crippen LogP contribution in [0.25, 0.3) is 0 Å². The van der Waals surface area contributed by atoms with Crippen molar-refractivity contribution in [3.63, 3.8) is 0 Å². The third kappa shape index (κ3) is 8.42. The molecule has 0 saturated carbocycles. The fourth-order valence-corrected chi connectivity index (χ4v) is 8.51. The fourth-order valence-electron chi connectivity index (χ4n) is 8.51. The summed E-state index contributed by atoms with van der Waals surface area (Å²) in [4.78, 5) is 5.06. The molecule has 0 aromatic rings. The lowest BCUT2D eigenvalue weighted by Gasteiger charge is -2.53. The maximum Gasteiger partial charge on any atom is 0.0413 e. The van der Waals surface area contributed by atoms with E-state index in [0.717, 1.165) is 24.7 Å². The van der Waals surface area contributed by atoms with Crippen molar-refractivity contribution in [1.29, 1.82) is 0 Å². The van der Waals surface area contributed by atoms with E-state index in [1.54, 1.807) is 0 Å². The van der Waals surface area contributed by atoms with Gasteiger partial charge in [0.05, 0.1) is 0 Å². The number of likely N-dealkylation sites (tertiary alicyclic amines) is 2. The van der Waals surface area contributed by atoms with Crippen LogP contribution in [0.2, 0.25) is 0 Å². The van der Waals surface area contributed by atoms with Crippen LogP contribution < -0.4 is 0 Å². The second-order valence-electron chi connectivity index (χ2n) is 16.8. The van der Waals surface area contributed by atoms with Gasteiger partial charge < -0.3 is 5.21 Å². The zero-order chi connectivity index (χ0) is 28.7. The molecule has 0 amide bonds. The van der Waals surface area contributed by atoms with Gasteiger partial charge in [-0.3, -0.25) is 9.80 Å². The average Bonchev–Trinajstić information content (AvgIpc) is 2.61. The van der Waals surface area contributed by atoms with Gasteiger partial charge in [-0.25, -0.2) is 0 Å². The minimum Gasteiger partial charge on any atom is -0.313 e. The largest absolute Gasteiger partial charge is 0.313 e. The number of nitrogens with zero attached hydrogens (tertiary/aromatic N) is 3. The highest BCUT2D eigenvalue weighted by Gasteiger charge is 2.44. The number of hydrogen-bond donors (Lipinski definition) is 1. The molecule has 0 aromatic heterocycles. The van der Waals surface area contributed by atoms with Crippen LogP contribution in [0.3, 0.4) is 0 Å². The van der Waals surface area contributed by atoms with Gasteiger partial charge in [0, 0.05) is 33.2 Å². The first-order chi connectivity index (χ1) is 15.8. The second-order valence-corrected chi connectivity index (χ2v) is 16.8. The van der Waals surface area contributed by atoms with Crippen LogP contribution in [-0.4, -0.2) is 67.4 Å². The standard InChI is InChI=1S/2C11H23N.C10H21NO/c2*1-9-7-10(2,3)12(6)11(4,5)8-9;1-8-6-9(2,3)11(12)10(4,5)7-8/h2*9H,7-8H2,1-6H3;8,12H,6-7H2,1-5H3. The van der Waals surface area contributed by atoms with Gasteiger partial charge in [0.2, 0.25) is 0 Å². The molecule has 3 heterocycles. The van der Waals surface area contributed by atoms with E-state index in [1.807, 2.05) is 0 Å². The zero-order valence-electron chi connectivity index (χ0n) is 27.8. The summed E-state index contributed by atoms with van der Waals surface area (Å²) in [7, 11) is 4.51. The predicted molar refractivity (Wildman–Crippen MR) is 159 cm³/mol. The van der Waals surface area contributed by atoms with Crippen molar-refractivity contribution in [2.24, 2.45) is 17.8 Å². The third-order valence-corrected chi connectivity index (χ3v) is 9.87. The molecule has 0 aliphatic carbocycles. The highest BCUT2D eigenvalue weighted by Crippen LogP contribution is 2.41. The number of piperidine rings is 3. The molecule has 3 fully saturated rings. The summed E-state index contributed by atoms with van der Waals surface area (Å²) in [5.74, 6) is 2.44. The van der Waals surface area contributed by atoms with Gasteiger partial charge >= 0.3 is 0 Å². The number of hydrogen-bond acceptors (Lipinski definition) is 4.